The summed E-state index contributed by atoms with van der Waals surface area (Å²) in [6, 6.07) is 26.5. The Morgan fingerprint density at radius 1 is 0.867 bits per heavy atom. The Morgan fingerprint density at radius 3 is 2.13 bits per heavy atom. The maximum Gasteiger partial charge on any atom is 0.341 e. The summed E-state index contributed by atoms with van der Waals surface area (Å²) >= 11 is 6.52. The number of halogens is 1. The van der Waals surface area contributed by atoms with Gasteiger partial charge in [-0.05, 0) is 79.3 Å². The van der Waals surface area contributed by atoms with Gasteiger partial charge < -0.3 is 14.4 Å². The number of carbonyl (C=O) groups is 3. The monoisotopic (exact) mass is 625 g/mol. The number of nitrogens with one attached hydrogen (secondary N) is 1. The van der Waals surface area contributed by atoms with Crippen LogP contribution in [0.4, 0.5) is 17.1 Å². The third-order valence-electron chi connectivity index (χ3n) is 7.93. The maximum atomic E-state index is 13.7. The van der Waals surface area contributed by atoms with Gasteiger partial charge in [-0.2, -0.15) is 0 Å². The van der Waals surface area contributed by atoms with Crippen LogP contribution < -0.4 is 20.1 Å². The van der Waals surface area contributed by atoms with Crippen LogP contribution in [0.5, 0.6) is 5.75 Å². The Morgan fingerprint density at radius 2 is 1.51 bits per heavy atom. The number of amides is 1. The summed E-state index contributed by atoms with van der Waals surface area (Å²) in [5, 5.41) is 2.06. The highest BCUT2D eigenvalue weighted by molar-refractivity contribution is 6.32. The number of piperidine rings is 1. The second kappa shape index (κ2) is 14.3. The number of hydrazine groups is 1. The van der Waals surface area contributed by atoms with Crippen molar-refractivity contribution >= 4 is 46.3 Å². The van der Waals surface area contributed by atoms with Crippen molar-refractivity contribution in [1.82, 2.24) is 5.43 Å². The standard InChI is InChI=1S/C36H36ClN3O5/c1-24(41)25-11-13-26(14-12-25)27-15-17-29(18-16-27)40(33-10-6-5-9-32(33)39-19-7-4-8-20-39)38-35(42)22-28-21-34(44-2)30(23-31(28)37)36(43)45-3/h5-6,9-18,21,23H,4,7-8,19-20,22H2,1-3H3,(H,38,42). The van der Waals surface area contributed by atoms with E-state index in [4.69, 9.17) is 21.1 Å². The summed E-state index contributed by atoms with van der Waals surface area (Å²) in [4.78, 5) is 39.9. The average Bonchev–Trinajstić information content (AvgIpc) is 3.08. The number of para-hydroxylation sites is 2. The lowest BCUT2D eigenvalue weighted by atomic mass is 10.0. The zero-order chi connectivity index (χ0) is 31.9. The van der Waals surface area contributed by atoms with Crippen LogP contribution in [0.1, 0.15) is 52.5 Å². The van der Waals surface area contributed by atoms with Crippen molar-refractivity contribution in [2.24, 2.45) is 0 Å². The smallest absolute Gasteiger partial charge is 0.341 e. The second-order valence-electron chi connectivity index (χ2n) is 10.9. The third kappa shape index (κ3) is 7.29. The molecule has 45 heavy (non-hydrogen) atoms. The summed E-state index contributed by atoms with van der Waals surface area (Å²) < 4.78 is 10.2. The number of benzene rings is 4. The van der Waals surface area contributed by atoms with Crippen molar-refractivity contribution in [3.05, 3.63) is 107 Å². The number of esters is 1. The fourth-order valence-corrected chi connectivity index (χ4v) is 5.76. The van der Waals surface area contributed by atoms with Gasteiger partial charge in [0.15, 0.2) is 5.78 Å². The number of ketones is 1. The summed E-state index contributed by atoms with van der Waals surface area (Å²) in [5.74, 6) is -0.589. The largest absolute Gasteiger partial charge is 0.496 e. The van der Waals surface area contributed by atoms with Gasteiger partial charge in [-0.1, -0.05) is 60.1 Å². The molecule has 0 aromatic heterocycles. The molecule has 232 valence electrons. The molecule has 4 aromatic carbocycles. The Balaban J connectivity index is 1.47. The molecule has 8 nitrogen and oxygen atoms in total. The minimum atomic E-state index is -0.580. The van der Waals surface area contributed by atoms with E-state index in [2.05, 4.69) is 16.4 Å². The first-order valence-corrected chi connectivity index (χ1v) is 15.3. The Hall–Kier alpha value is -4.82. The minimum absolute atomic E-state index is 0.0230. The molecule has 1 aliphatic rings. The number of Topliss-reactive ketones (excluding diaryl/α,β-unsaturated/α-hetero) is 1. The molecule has 0 aliphatic carbocycles. The van der Waals surface area contributed by atoms with Crippen molar-refractivity contribution in [3.63, 3.8) is 0 Å². The molecule has 0 radical (unpaired) electrons. The SMILES string of the molecule is COC(=O)c1cc(Cl)c(CC(=O)NN(c2ccc(-c3ccc(C(C)=O)cc3)cc2)c2ccccc2N2CCCCC2)cc1OC. The molecular weight excluding hydrogens is 590 g/mol. The van der Waals surface area contributed by atoms with E-state index in [9.17, 15) is 14.4 Å². The van der Waals surface area contributed by atoms with Crippen molar-refractivity contribution in [2.75, 3.05) is 37.2 Å². The number of methoxy groups -OCH3 is 2. The number of hydrogen-bond donors (Lipinski definition) is 1. The van der Waals surface area contributed by atoms with Gasteiger partial charge in [0.05, 0.1) is 37.7 Å². The number of carbonyl (C=O) groups excluding carboxylic acids is 3. The van der Waals surface area contributed by atoms with Crippen molar-refractivity contribution in [2.45, 2.75) is 32.6 Å². The minimum Gasteiger partial charge on any atom is -0.496 e. The molecule has 1 fully saturated rings. The second-order valence-corrected chi connectivity index (χ2v) is 11.3. The first kappa shape index (κ1) is 31.6. The molecule has 5 rings (SSSR count). The molecule has 9 heteroatoms. The van der Waals surface area contributed by atoms with Crippen LogP contribution in [0.25, 0.3) is 11.1 Å². The van der Waals surface area contributed by atoms with Gasteiger partial charge in [-0.25, -0.2) is 4.79 Å². The fourth-order valence-electron chi connectivity index (χ4n) is 5.53. The number of ether oxygens (including phenoxy) is 2. The lowest BCUT2D eigenvalue weighted by molar-refractivity contribution is -0.120. The fraction of sp³-hybridized carbons (Fsp3) is 0.250. The molecule has 1 heterocycles. The summed E-state index contributed by atoms with van der Waals surface area (Å²) in [7, 11) is 2.73. The van der Waals surface area contributed by atoms with Gasteiger partial charge in [0.2, 0.25) is 5.91 Å². The third-order valence-corrected chi connectivity index (χ3v) is 8.28. The van der Waals surface area contributed by atoms with E-state index in [1.165, 1.54) is 26.7 Å². The highest BCUT2D eigenvalue weighted by Crippen LogP contribution is 2.36. The van der Waals surface area contributed by atoms with Gasteiger partial charge in [0.1, 0.15) is 11.3 Å². The quantitative estimate of drug-likeness (QED) is 0.112. The average molecular weight is 626 g/mol. The predicted molar refractivity (Wildman–Crippen MR) is 178 cm³/mol. The van der Waals surface area contributed by atoms with E-state index in [0.717, 1.165) is 54.1 Å². The Kier molecular flexibility index (Phi) is 10.0. The highest BCUT2D eigenvalue weighted by Gasteiger charge is 2.23. The summed E-state index contributed by atoms with van der Waals surface area (Å²) in [5.41, 5.74) is 9.06. The van der Waals surface area contributed by atoms with Crippen LogP contribution in [0.15, 0.2) is 84.9 Å². The van der Waals surface area contributed by atoms with Crippen LogP contribution >= 0.6 is 11.6 Å². The van der Waals surface area contributed by atoms with E-state index >= 15 is 0 Å². The van der Waals surface area contributed by atoms with Crippen LogP contribution in [-0.4, -0.2) is 45.0 Å². The Labute approximate surface area is 268 Å². The van der Waals surface area contributed by atoms with E-state index in [1.807, 2.05) is 71.7 Å². The molecule has 0 bridgehead atoms. The van der Waals surface area contributed by atoms with E-state index in [1.54, 1.807) is 13.0 Å². The molecule has 0 atom stereocenters. The van der Waals surface area contributed by atoms with Crippen molar-refractivity contribution in [3.8, 4) is 16.9 Å². The molecule has 0 saturated carbocycles. The zero-order valence-electron chi connectivity index (χ0n) is 25.6. The van der Waals surface area contributed by atoms with Gasteiger partial charge in [0, 0.05) is 23.7 Å². The molecule has 4 aromatic rings. The number of rotatable bonds is 10. The molecule has 1 aliphatic heterocycles. The topological polar surface area (TPSA) is 88.2 Å². The van der Waals surface area contributed by atoms with Crippen LogP contribution in [0.3, 0.4) is 0 Å². The van der Waals surface area contributed by atoms with Crippen LogP contribution in [0, 0.1) is 0 Å². The van der Waals surface area contributed by atoms with Gasteiger partial charge in [-0.15, -0.1) is 0 Å². The summed E-state index contributed by atoms with van der Waals surface area (Å²) in [6.45, 7) is 3.43. The first-order chi connectivity index (χ1) is 21.8. The maximum absolute atomic E-state index is 13.7. The van der Waals surface area contributed by atoms with Crippen molar-refractivity contribution in [1.29, 1.82) is 0 Å². The predicted octanol–water partition coefficient (Wildman–Crippen LogP) is 7.41. The number of anilines is 3. The molecular formula is C36H36ClN3O5. The van der Waals surface area contributed by atoms with E-state index in [-0.39, 0.29) is 34.4 Å². The lowest BCUT2D eigenvalue weighted by Crippen LogP contribution is -2.41. The molecule has 1 amide bonds. The number of hydrogen-bond acceptors (Lipinski definition) is 7. The molecule has 0 unspecified atom stereocenters. The van der Waals surface area contributed by atoms with Gasteiger partial charge in [0.25, 0.3) is 0 Å². The highest BCUT2D eigenvalue weighted by atomic mass is 35.5. The van der Waals surface area contributed by atoms with Crippen LogP contribution in [0.2, 0.25) is 5.02 Å². The molecule has 1 saturated heterocycles. The van der Waals surface area contributed by atoms with E-state index in [0.29, 0.717) is 11.1 Å². The first-order valence-electron chi connectivity index (χ1n) is 14.9. The van der Waals surface area contributed by atoms with Gasteiger partial charge in [-0.3, -0.25) is 20.0 Å². The summed E-state index contributed by atoms with van der Waals surface area (Å²) in [6.07, 6.45) is 3.37. The normalized spacial score (nSPS) is 12.8. The van der Waals surface area contributed by atoms with E-state index < -0.39 is 5.97 Å². The molecule has 0 spiro atoms. The lowest BCUT2D eigenvalue weighted by Gasteiger charge is -2.34. The Bertz CT molecular complexity index is 1680. The van der Waals surface area contributed by atoms with Gasteiger partial charge >= 0.3 is 5.97 Å². The number of nitrogens with zero attached hydrogens (tertiary/aromatic N) is 2. The van der Waals surface area contributed by atoms with Crippen LogP contribution in [-0.2, 0) is 16.0 Å². The zero-order valence-corrected chi connectivity index (χ0v) is 26.4. The van der Waals surface area contributed by atoms with Crippen molar-refractivity contribution < 1.29 is 23.9 Å². The molecule has 1 N–H and O–H groups in total.